The quantitative estimate of drug-likeness (QED) is 0.751. The average molecular weight is 307 g/mol. The van der Waals surface area contributed by atoms with Crippen molar-refractivity contribution < 1.29 is 9.13 Å². The van der Waals surface area contributed by atoms with Crippen LogP contribution in [0.15, 0.2) is 72.8 Å². The summed E-state index contributed by atoms with van der Waals surface area (Å²) >= 11 is 0. The van der Waals surface area contributed by atoms with Crippen LogP contribution >= 0.6 is 0 Å². The van der Waals surface area contributed by atoms with Crippen molar-refractivity contribution in [3.8, 4) is 16.9 Å². The van der Waals surface area contributed by atoms with Gasteiger partial charge in [0.2, 0.25) is 0 Å². The number of hydrogen-bond donors (Lipinski definition) is 1. The molecule has 0 radical (unpaired) electrons. The number of halogens is 1. The molecule has 116 valence electrons. The molecule has 0 aliphatic rings. The third kappa shape index (κ3) is 3.58. The Labute approximate surface area is 135 Å². The molecule has 0 aromatic heterocycles. The normalized spacial score (nSPS) is 10.5. The molecule has 3 aromatic carbocycles. The molecule has 3 aromatic rings. The zero-order valence-electron chi connectivity index (χ0n) is 12.7. The highest BCUT2D eigenvalue weighted by molar-refractivity contribution is 5.66. The van der Waals surface area contributed by atoms with Crippen LogP contribution in [0.2, 0.25) is 0 Å². The Balaban J connectivity index is 1.84. The van der Waals surface area contributed by atoms with Gasteiger partial charge in [-0.2, -0.15) is 0 Å². The summed E-state index contributed by atoms with van der Waals surface area (Å²) < 4.78 is 19.8. The predicted octanol–water partition coefficient (Wildman–Crippen LogP) is 4.53. The predicted molar refractivity (Wildman–Crippen MR) is 90.5 cm³/mol. The molecule has 0 aliphatic carbocycles. The number of ether oxygens (including phenoxy) is 1. The van der Waals surface area contributed by atoms with Crippen molar-refractivity contribution in [3.05, 3.63) is 89.7 Å². The van der Waals surface area contributed by atoms with E-state index < -0.39 is 0 Å². The molecule has 0 atom stereocenters. The summed E-state index contributed by atoms with van der Waals surface area (Å²) in [5, 5.41) is 0. The van der Waals surface area contributed by atoms with Gasteiger partial charge in [-0.3, -0.25) is 0 Å². The minimum Gasteiger partial charge on any atom is -0.489 e. The number of benzene rings is 3. The molecule has 3 rings (SSSR count). The highest BCUT2D eigenvalue weighted by atomic mass is 19.1. The van der Waals surface area contributed by atoms with Gasteiger partial charge in [-0.15, -0.1) is 0 Å². The van der Waals surface area contributed by atoms with Gasteiger partial charge in [-0.25, -0.2) is 4.39 Å². The molecule has 2 nitrogen and oxygen atoms in total. The Bertz CT molecular complexity index is 787. The molecule has 0 aliphatic heterocycles. The third-order valence-corrected chi connectivity index (χ3v) is 3.70. The van der Waals surface area contributed by atoms with Crippen LogP contribution in [0.3, 0.4) is 0 Å². The zero-order chi connectivity index (χ0) is 16.1. The molecule has 2 N–H and O–H groups in total. The molecule has 0 unspecified atom stereocenters. The summed E-state index contributed by atoms with van der Waals surface area (Å²) in [4.78, 5) is 0. The van der Waals surface area contributed by atoms with Gasteiger partial charge in [0.05, 0.1) is 0 Å². The van der Waals surface area contributed by atoms with Crippen molar-refractivity contribution >= 4 is 0 Å². The third-order valence-electron chi connectivity index (χ3n) is 3.70. The minimum absolute atomic E-state index is 0.242. The topological polar surface area (TPSA) is 35.2 Å². The van der Waals surface area contributed by atoms with Crippen molar-refractivity contribution in [3.63, 3.8) is 0 Å². The van der Waals surface area contributed by atoms with Gasteiger partial charge in [-0.05, 0) is 29.3 Å². The van der Waals surface area contributed by atoms with Crippen molar-refractivity contribution in [2.45, 2.75) is 13.2 Å². The summed E-state index contributed by atoms with van der Waals surface area (Å²) in [5.41, 5.74) is 9.15. The first-order valence-electron chi connectivity index (χ1n) is 7.52. The fourth-order valence-corrected chi connectivity index (χ4v) is 2.48. The van der Waals surface area contributed by atoms with Crippen molar-refractivity contribution in [2.75, 3.05) is 0 Å². The van der Waals surface area contributed by atoms with Crippen LogP contribution in [0.25, 0.3) is 11.1 Å². The molecule has 0 bridgehead atoms. The van der Waals surface area contributed by atoms with Gasteiger partial charge in [0.25, 0.3) is 0 Å². The van der Waals surface area contributed by atoms with Gasteiger partial charge in [0.15, 0.2) is 0 Å². The van der Waals surface area contributed by atoms with E-state index in [1.807, 2.05) is 54.6 Å². The lowest BCUT2D eigenvalue weighted by atomic mass is 10.0. The molecule has 0 amide bonds. The summed E-state index contributed by atoms with van der Waals surface area (Å²) in [7, 11) is 0. The molecule has 0 fully saturated rings. The summed E-state index contributed by atoms with van der Waals surface area (Å²) in [5.74, 6) is 0.491. The Morgan fingerprint density at radius 1 is 0.870 bits per heavy atom. The van der Waals surface area contributed by atoms with E-state index in [0.29, 0.717) is 18.7 Å². The van der Waals surface area contributed by atoms with E-state index >= 15 is 0 Å². The summed E-state index contributed by atoms with van der Waals surface area (Å²) in [6, 6.07) is 22.3. The largest absolute Gasteiger partial charge is 0.489 e. The van der Waals surface area contributed by atoms with Gasteiger partial charge < -0.3 is 10.5 Å². The molecule has 3 heteroatoms. The Morgan fingerprint density at radius 3 is 2.35 bits per heavy atom. The Kier molecular flexibility index (Phi) is 4.69. The van der Waals surface area contributed by atoms with Gasteiger partial charge in [0.1, 0.15) is 18.2 Å². The lowest BCUT2D eigenvalue weighted by Gasteiger charge is -2.13. The fraction of sp³-hybridized carbons (Fsp3) is 0.100. The maximum Gasteiger partial charge on any atom is 0.131 e. The standard InChI is InChI=1S/C20H18FNO/c21-19-9-5-4-8-18(19)16-10-11-20(17(12-16)13-22)23-14-15-6-2-1-3-7-15/h1-12H,13-14,22H2. The highest BCUT2D eigenvalue weighted by Crippen LogP contribution is 2.28. The van der Waals surface area contributed by atoms with Crippen molar-refractivity contribution in [2.24, 2.45) is 5.73 Å². The summed E-state index contributed by atoms with van der Waals surface area (Å²) in [6.45, 7) is 0.819. The van der Waals surface area contributed by atoms with Crippen LogP contribution in [0.5, 0.6) is 5.75 Å². The van der Waals surface area contributed by atoms with Crippen LogP contribution in [0.4, 0.5) is 4.39 Å². The first-order chi connectivity index (χ1) is 11.3. The van der Waals surface area contributed by atoms with Crippen molar-refractivity contribution in [1.29, 1.82) is 0 Å². The lowest BCUT2D eigenvalue weighted by Crippen LogP contribution is -2.03. The van der Waals surface area contributed by atoms with E-state index in [0.717, 1.165) is 22.4 Å². The molecule has 0 heterocycles. The molecule has 0 spiro atoms. The van der Waals surface area contributed by atoms with Crippen LogP contribution < -0.4 is 10.5 Å². The molecule has 23 heavy (non-hydrogen) atoms. The smallest absolute Gasteiger partial charge is 0.131 e. The monoisotopic (exact) mass is 307 g/mol. The fourth-order valence-electron chi connectivity index (χ4n) is 2.48. The van der Waals surface area contributed by atoms with Crippen LogP contribution in [0, 0.1) is 5.82 Å². The van der Waals surface area contributed by atoms with E-state index in [9.17, 15) is 4.39 Å². The maximum absolute atomic E-state index is 13.9. The Morgan fingerprint density at radius 2 is 1.61 bits per heavy atom. The average Bonchev–Trinajstić information content (AvgIpc) is 2.61. The number of rotatable bonds is 5. The van der Waals surface area contributed by atoms with E-state index in [4.69, 9.17) is 10.5 Å². The second-order valence-electron chi connectivity index (χ2n) is 5.28. The van der Waals surface area contributed by atoms with E-state index in [1.165, 1.54) is 6.07 Å². The van der Waals surface area contributed by atoms with Crippen molar-refractivity contribution in [1.82, 2.24) is 0 Å². The van der Waals surface area contributed by atoms with E-state index in [1.54, 1.807) is 12.1 Å². The first-order valence-corrected chi connectivity index (χ1v) is 7.52. The summed E-state index contributed by atoms with van der Waals surface area (Å²) in [6.07, 6.45) is 0. The highest BCUT2D eigenvalue weighted by Gasteiger charge is 2.09. The second-order valence-corrected chi connectivity index (χ2v) is 5.28. The van der Waals surface area contributed by atoms with Gasteiger partial charge in [-0.1, -0.05) is 54.6 Å². The Hall–Kier alpha value is -2.65. The molecule has 0 saturated carbocycles. The lowest BCUT2D eigenvalue weighted by molar-refractivity contribution is 0.303. The second kappa shape index (κ2) is 7.07. The van der Waals surface area contributed by atoms with Crippen LogP contribution in [-0.4, -0.2) is 0 Å². The van der Waals surface area contributed by atoms with E-state index in [2.05, 4.69) is 0 Å². The molecular weight excluding hydrogens is 289 g/mol. The molecule has 0 saturated heterocycles. The van der Waals surface area contributed by atoms with Crippen LogP contribution in [0.1, 0.15) is 11.1 Å². The first kappa shape index (κ1) is 15.3. The van der Waals surface area contributed by atoms with Gasteiger partial charge >= 0.3 is 0 Å². The zero-order valence-corrected chi connectivity index (χ0v) is 12.7. The number of nitrogens with two attached hydrogens (primary N) is 1. The van der Waals surface area contributed by atoms with E-state index in [-0.39, 0.29) is 5.82 Å². The maximum atomic E-state index is 13.9. The number of hydrogen-bond acceptors (Lipinski definition) is 2. The minimum atomic E-state index is -0.242. The SMILES string of the molecule is NCc1cc(-c2ccccc2F)ccc1OCc1ccccc1. The molecular formula is C20H18FNO. The van der Waals surface area contributed by atoms with Gasteiger partial charge in [0, 0.05) is 17.7 Å². The van der Waals surface area contributed by atoms with Crippen LogP contribution in [-0.2, 0) is 13.2 Å².